The zero-order valence-electron chi connectivity index (χ0n) is 12.3. The molecule has 0 aromatic carbocycles. The summed E-state index contributed by atoms with van der Waals surface area (Å²) in [7, 11) is 0. The molecule has 0 heterocycles. The number of carbonyl (C=O) groups excluding carboxylic acids is 1. The van der Waals surface area contributed by atoms with E-state index in [1.54, 1.807) is 6.92 Å². The van der Waals surface area contributed by atoms with E-state index in [4.69, 9.17) is 4.74 Å². The van der Waals surface area contributed by atoms with Crippen LogP contribution in [-0.4, -0.2) is 22.8 Å². The molecule has 4 atom stereocenters. The largest absolute Gasteiger partial charge is 0.459 e. The van der Waals surface area contributed by atoms with E-state index < -0.39 is 11.7 Å². The molecule has 0 aromatic rings. The van der Waals surface area contributed by atoms with E-state index in [2.05, 4.69) is 19.6 Å². The molecule has 19 heavy (non-hydrogen) atoms. The lowest BCUT2D eigenvalue weighted by molar-refractivity contribution is -0.178. The van der Waals surface area contributed by atoms with Gasteiger partial charge in [0.2, 0.25) is 0 Å². The van der Waals surface area contributed by atoms with Crippen molar-refractivity contribution in [3.05, 3.63) is 24.3 Å². The molecule has 2 fully saturated rings. The first-order chi connectivity index (χ1) is 8.65. The van der Waals surface area contributed by atoms with Gasteiger partial charge in [0.05, 0.1) is 0 Å². The molecule has 1 N–H and O–H groups in total. The molecule has 2 aliphatic carbocycles. The first kappa shape index (κ1) is 14.3. The van der Waals surface area contributed by atoms with Crippen LogP contribution in [0.5, 0.6) is 0 Å². The molecule has 2 aliphatic rings. The van der Waals surface area contributed by atoms with Gasteiger partial charge in [-0.2, -0.15) is 0 Å². The fraction of sp³-hybridized carbons (Fsp3) is 0.688. The minimum Gasteiger partial charge on any atom is -0.459 e. The quantitative estimate of drug-likeness (QED) is 0.629. The van der Waals surface area contributed by atoms with Crippen LogP contribution >= 0.6 is 0 Å². The summed E-state index contributed by atoms with van der Waals surface area (Å²) in [6.07, 6.45) is 6.26. The van der Waals surface area contributed by atoms with Gasteiger partial charge in [-0.25, -0.2) is 0 Å². The summed E-state index contributed by atoms with van der Waals surface area (Å²) in [4.78, 5) is 11.2. The summed E-state index contributed by atoms with van der Waals surface area (Å²) in [5, 5.41) is 11.0. The molecular weight excluding hydrogens is 240 g/mol. The van der Waals surface area contributed by atoms with Crippen LogP contribution in [0.15, 0.2) is 24.3 Å². The van der Waals surface area contributed by atoms with Gasteiger partial charge in [-0.15, -0.1) is 0 Å². The Labute approximate surface area is 115 Å². The van der Waals surface area contributed by atoms with Crippen LogP contribution in [-0.2, 0) is 9.53 Å². The summed E-state index contributed by atoms with van der Waals surface area (Å²) in [5.74, 6) is -0.325. The van der Waals surface area contributed by atoms with E-state index >= 15 is 0 Å². The summed E-state index contributed by atoms with van der Waals surface area (Å²) in [6.45, 7) is 11.2. The van der Waals surface area contributed by atoms with Crippen molar-refractivity contribution >= 4 is 5.97 Å². The number of hydrogen-bond donors (Lipinski definition) is 1. The maximum Gasteiger partial charge on any atom is 0.303 e. The second-order valence-electron chi connectivity index (χ2n) is 6.67. The lowest BCUT2D eigenvalue weighted by atomic mass is 9.68. The number of esters is 1. The van der Waals surface area contributed by atoms with Crippen molar-refractivity contribution in [2.24, 2.45) is 10.8 Å². The monoisotopic (exact) mass is 264 g/mol. The SMILES string of the molecule is C=C(C)/C=C/[C@]12C[C@@]1(C)CC[C@H](OC(C)=O)[C@]2(C)O. The van der Waals surface area contributed by atoms with Crippen molar-refractivity contribution < 1.29 is 14.6 Å². The van der Waals surface area contributed by atoms with Gasteiger partial charge >= 0.3 is 5.97 Å². The molecular formula is C16H24O3. The van der Waals surface area contributed by atoms with E-state index in [9.17, 15) is 9.90 Å². The fourth-order valence-electron chi connectivity index (χ4n) is 3.78. The molecule has 0 aromatic heterocycles. The van der Waals surface area contributed by atoms with Crippen LogP contribution in [0.1, 0.15) is 47.0 Å². The van der Waals surface area contributed by atoms with Crippen LogP contribution < -0.4 is 0 Å². The van der Waals surface area contributed by atoms with Gasteiger partial charge in [-0.3, -0.25) is 4.79 Å². The van der Waals surface area contributed by atoms with E-state index in [0.29, 0.717) is 0 Å². The Balaban J connectivity index is 2.31. The average Bonchev–Trinajstić information content (AvgIpc) is 2.89. The van der Waals surface area contributed by atoms with E-state index in [0.717, 1.165) is 24.8 Å². The van der Waals surface area contributed by atoms with Crippen LogP contribution in [0.4, 0.5) is 0 Å². The lowest BCUT2D eigenvalue weighted by Crippen LogP contribution is -2.53. The number of ether oxygens (including phenoxy) is 1. The molecule has 106 valence electrons. The van der Waals surface area contributed by atoms with Crippen molar-refractivity contribution in [3.63, 3.8) is 0 Å². The summed E-state index contributed by atoms with van der Waals surface area (Å²) >= 11 is 0. The van der Waals surface area contributed by atoms with Crippen LogP contribution in [0, 0.1) is 10.8 Å². The van der Waals surface area contributed by atoms with Gasteiger partial charge in [0, 0.05) is 12.3 Å². The standard InChI is InChI=1S/C16H24O3/c1-11(2)6-9-16-10-14(16,4)8-7-13(15(16,5)18)19-12(3)17/h6,9,13,18H,1,7-8,10H2,2-5H3/b9-6+/t13-,14+,15-,16-/m0/s1. The molecule has 0 radical (unpaired) electrons. The third kappa shape index (κ3) is 2.04. The summed E-state index contributed by atoms with van der Waals surface area (Å²) in [6, 6.07) is 0. The number of fused-ring (bicyclic) bond motifs is 1. The van der Waals surface area contributed by atoms with Gasteiger partial charge in [0.25, 0.3) is 0 Å². The maximum absolute atomic E-state index is 11.2. The Morgan fingerprint density at radius 1 is 1.42 bits per heavy atom. The minimum absolute atomic E-state index is 0.110. The van der Waals surface area contributed by atoms with Crippen molar-refractivity contribution in [2.75, 3.05) is 0 Å². The fourth-order valence-corrected chi connectivity index (χ4v) is 3.78. The van der Waals surface area contributed by atoms with Crippen molar-refractivity contribution in [2.45, 2.75) is 58.7 Å². The Morgan fingerprint density at radius 3 is 2.58 bits per heavy atom. The summed E-state index contributed by atoms with van der Waals surface area (Å²) < 4.78 is 5.34. The number of carbonyl (C=O) groups is 1. The first-order valence-corrected chi connectivity index (χ1v) is 6.89. The zero-order valence-corrected chi connectivity index (χ0v) is 12.3. The molecule has 0 bridgehead atoms. The number of aliphatic hydroxyl groups is 1. The van der Waals surface area contributed by atoms with Crippen LogP contribution in [0.3, 0.4) is 0 Å². The average molecular weight is 264 g/mol. The predicted molar refractivity (Wildman–Crippen MR) is 74.5 cm³/mol. The van der Waals surface area contributed by atoms with E-state index in [1.807, 2.05) is 13.0 Å². The molecule has 2 saturated carbocycles. The van der Waals surface area contributed by atoms with Gasteiger partial charge in [-0.1, -0.05) is 31.2 Å². The third-order valence-electron chi connectivity index (χ3n) is 5.07. The van der Waals surface area contributed by atoms with Gasteiger partial charge in [0.15, 0.2) is 0 Å². The summed E-state index contributed by atoms with van der Waals surface area (Å²) in [5.41, 5.74) is -0.234. The third-order valence-corrected chi connectivity index (χ3v) is 5.07. The maximum atomic E-state index is 11.2. The minimum atomic E-state index is -1.02. The Kier molecular flexibility index (Phi) is 3.17. The molecule has 0 saturated heterocycles. The molecule has 0 unspecified atom stereocenters. The highest BCUT2D eigenvalue weighted by molar-refractivity contribution is 5.66. The highest BCUT2D eigenvalue weighted by Crippen LogP contribution is 2.75. The second kappa shape index (κ2) is 4.20. The van der Waals surface area contributed by atoms with E-state index in [1.165, 1.54) is 6.92 Å². The van der Waals surface area contributed by atoms with Crippen molar-refractivity contribution in [1.82, 2.24) is 0 Å². The van der Waals surface area contributed by atoms with Crippen molar-refractivity contribution in [1.29, 1.82) is 0 Å². The molecule has 2 rings (SSSR count). The Bertz CT molecular complexity index is 449. The smallest absolute Gasteiger partial charge is 0.303 e. The van der Waals surface area contributed by atoms with Gasteiger partial charge in [0.1, 0.15) is 11.7 Å². The Morgan fingerprint density at radius 2 is 2.05 bits per heavy atom. The normalized spacial score (nSPS) is 44.8. The van der Waals surface area contributed by atoms with Gasteiger partial charge < -0.3 is 9.84 Å². The van der Waals surface area contributed by atoms with Crippen LogP contribution in [0.25, 0.3) is 0 Å². The second-order valence-corrected chi connectivity index (χ2v) is 6.67. The topological polar surface area (TPSA) is 46.5 Å². The zero-order chi connectivity index (χ0) is 14.5. The van der Waals surface area contributed by atoms with E-state index in [-0.39, 0.29) is 16.8 Å². The van der Waals surface area contributed by atoms with Gasteiger partial charge in [-0.05, 0) is 38.5 Å². The number of hydrogen-bond acceptors (Lipinski definition) is 3. The molecule has 3 nitrogen and oxygen atoms in total. The molecule has 0 aliphatic heterocycles. The molecule has 3 heteroatoms. The predicted octanol–water partition coefficient (Wildman–Crippen LogP) is 2.99. The molecule has 0 amide bonds. The van der Waals surface area contributed by atoms with Crippen molar-refractivity contribution in [3.8, 4) is 0 Å². The van der Waals surface area contributed by atoms with Crippen LogP contribution in [0.2, 0.25) is 0 Å². The highest BCUT2D eigenvalue weighted by atomic mass is 16.6. The highest BCUT2D eigenvalue weighted by Gasteiger charge is 2.75. The first-order valence-electron chi connectivity index (χ1n) is 6.89. The number of allylic oxidation sites excluding steroid dienone is 2. The molecule has 0 spiro atoms. The lowest BCUT2D eigenvalue weighted by Gasteiger charge is -2.44. The Hall–Kier alpha value is -1.09. The number of rotatable bonds is 3.